The second kappa shape index (κ2) is 6.25. The minimum absolute atomic E-state index is 0.0515. The number of carbonyl (C=O) groups excluding carboxylic acids is 1. The molecule has 0 saturated heterocycles. The van der Waals surface area contributed by atoms with Gasteiger partial charge in [0.2, 0.25) is 5.91 Å². The molecule has 1 atom stereocenters. The summed E-state index contributed by atoms with van der Waals surface area (Å²) < 4.78 is 2.80. The van der Waals surface area contributed by atoms with Gasteiger partial charge in [0.15, 0.2) is 0 Å². The number of amides is 1. The predicted molar refractivity (Wildman–Crippen MR) is 71.5 cm³/mol. The fourth-order valence-corrected chi connectivity index (χ4v) is 2.01. The van der Waals surface area contributed by atoms with Crippen LogP contribution in [0.15, 0.2) is 18.3 Å². The molecule has 0 aliphatic heterocycles. The number of carbonyl (C=O) groups is 1. The fraction of sp³-hybridized carbons (Fsp3) is 0.455. The minimum Gasteiger partial charge on any atom is -0.299 e. The molecule has 88 valence electrons. The summed E-state index contributed by atoms with van der Waals surface area (Å²) in [6, 6.07) is 3.80. The van der Waals surface area contributed by atoms with Crippen LogP contribution in [0.4, 0.5) is 0 Å². The summed E-state index contributed by atoms with van der Waals surface area (Å²) in [5.74, 6) is -0.0515. The third-order valence-corrected chi connectivity index (χ3v) is 3.59. The van der Waals surface area contributed by atoms with Crippen LogP contribution in [-0.4, -0.2) is 16.1 Å². The number of alkyl halides is 1. The molecule has 1 N–H and O–H groups in total. The summed E-state index contributed by atoms with van der Waals surface area (Å²) in [5.41, 5.74) is 1.81. The van der Waals surface area contributed by atoms with E-state index < -0.39 is 0 Å². The van der Waals surface area contributed by atoms with E-state index in [1.807, 2.05) is 32.9 Å². The number of hydrogen-bond acceptors (Lipinski definition) is 3. The molecule has 0 radical (unpaired) electrons. The summed E-state index contributed by atoms with van der Waals surface area (Å²) in [6.45, 7) is 5.98. The number of halogens is 1. The lowest BCUT2D eigenvalue weighted by Crippen LogP contribution is -2.22. The average Bonchev–Trinajstić information content (AvgIpc) is 2.26. The predicted octanol–water partition coefficient (Wildman–Crippen LogP) is 3.00. The average molecular weight is 303 g/mol. The van der Waals surface area contributed by atoms with Gasteiger partial charge in [-0.1, -0.05) is 35.8 Å². The Kier molecular flexibility index (Phi) is 5.28. The van der Waals surface area contributed by atoms with Crippen molar-refractivity contribution in [2.75, 3.05) is 0 Å². The van der Waals surface area contributed by atoms with Crippen LogP contribution < -0.4 is 4.72 Å². The molecule has 0 aromatic carbocycles. The number of aromatic nitrogens is 1. The maximum absolute atomic E-state index is 11.7. The molecular weight excluding hydrogens is 288 g/mol. The molecule has 1 unspecified atom stereocenters. The van der Waals surface area contributed by atoms with E-state index in [9.17, 15) is 4.79 Å². The molecule has 0 aliphatic carbocycles. The van der Waals surface area contributed by atoms with E-state index in [4.69, 9.17) is 0 Å². The van der Waals surface area contributed by atoms with Crippen LogP contribution >= 0.6 is 27.9 Å². The molecule has 16 heavy (non-hydrogen) atoms. The van der Waals surface area contributed by atoms with Gasteiger partial charge in [0.25, 0.3) is 0 Å². The van der Waals surface area contributed by atoms with E-state index in [2.05, 4.69) is 25.6 Å². The Bertz CT molecular complexity index is 354. The van der Waals surface area contributed by atoms with E-state index in [1.165, 1.54) is 11.9 Å². The molecule has 1 rings (SSSR count). The Morgan fingerprint density at radius 2 is 2.19 bits per heavy atom. The first kappa shape index (κ1) is 13.5. The molecule has 0 spiro atoms. The lowest BCUT2D eigenvalue weighted by Gasteiger charge is -2.11. The van der Waals surface area contributed by atoms with Crippen LogP contribution in [0, 0.1) is 6.92 Å². The molecule has 1 amide bonds. The van der Waals surface area contributed by atoms with E-state index in [-0.39, 0.29) is 10.7 Å². The Morgan fingerprint density at radius 1 is 1.50 bits per heavy atom. The zero-order valence-electron chi connectivity index (χ0n) is 9.53. The number of hydrogen-bond donors (Lipinski definition) is 1. The van der Waals surface area contributed by atoms with Crippen LogP contribution in [-0.2, 0) is 4.79 Å². The zero-order chi connectivity index (χ0) is 12.1. The molecule has 0 aliphatic rings. The standard InChI is InChI=1S/C11H15BrN2OS/c1-7(2)16-14-11(15)10(12)9-5-4-8(3)13-6-9/h4-7,10H,1-3H3,(H,14,15). The smallest absolute Gasteiger partial charge is 0.248 e. The number of nitrogens with one attached hydrogen (secondary N) is 1. The Labute approximate surface area is 109 Å². The summed E-state index contributed by atoms with van der Waals surface area (Å²) in [6.07, 6.45) is 1.72. The molecule has 0 bridgehead atoms. The molecule has 0 saturated carbocycles. The van der Waals surface area contributed by atoms with Crippen molar-refractivity contribution in [3.8, 4) is 0 Å². The van der Waals surface area contributed by atoms with Crippen LogP contribution in [0.5, 0.6) is 0 Å². The SMILES string of the molecule is Cc1ccc(C(Br)C(=O)NSC(C)C)cn1. The number of aryl methyl sites for hydroxylation is 1. The van der Waals surface area contributed by atoms with Gasteiger partial charge >= 0.3 is 0 Å². The number of nitrogens with zero attached hydrogens (tertiary/aromatic N) is 1. The third-order valence-electron chi connectivity index (χ3n) is 1.85. The van der Waals surface area contributed by atoms with Crippen molar-refractivity contribution in [1.29, 1.82) is 0 Å². The van der Waals surface area contributed by atoms with E-state index >= 15 is 0 Å². The molecule has 1 aromatic rings. The lowest BCUT2D eigenvalue weighted by molar-refractivity contribution is -0.118. The Morgan fingerprint density at radius 3 is 2.69 bits per heavy atom. The van der Waals surface area contributed by atoms with Crippen LogP contribution in [0.2, 0.25) is 0 Å². The maximum Gasteiger partial charge on any atom is 0.248 e. The first-order chi connectivity index (χ1) is 7.50. The van der Waals surface area contributed by atoms with Gasteiger partial charge in [0, 0.05) is 17.1 Å². The quantitative estimate of drug-likeness (QED) is 0.687. The van der Waals surface area contributed by atoms with Gasteiger partial charge in [-0.3, -0.25) is 14.5 Å². The fourth-order valence-electron chi connectivity index (χ4n) is 1.01. The van der Waals surface area contributed by atoms with E-state index in [0.29, 0.717) is 5.25 Å². The molecular formula is C11H15BrN2OS. The van der Waals surface area contributed by atoms with Crippen molar-refractivity contribution < 1.29 is 4.79 Å². The van der Waals surface area contributed by atoms with Crippen molar-refractivity contribution >= 4 is 33.8 Å². The highest BCUT2D eigenvalue weighted by atomic mass is 79.9. The van der Waals surface area contributed by atoms with Gasteiger partial charge in [-0.25, -0.2) is 0 Å². The van der Waals surface area contributed by atoms with E-state index in [0.717, 1.165) is 11.3 Å². The molecule has 5 heteroatoms. The summed E-state index contributed by atoms with van der Waals surface area (Å²) >= 11 is 4.78. The first-order valence-corrected chi connectivity index (χ1v) is 6.82. The van der Waals surface area contributed by atoms with E-state index in [1.54, 1.807) is 6.20 Å². The van der Waals surface area contributed by atoms with Crippen molar-refractivity contribution in [2.24, 2.45) is 0 Å². The summed E-state index contributed by atoms with van der Waals surface area (Å²) in [5, 5.41) is 0.375. The second-order valence-electron chi connectivity index (χ2n) is 3.73. The van der Waals surface area contributed by atoms with Crippen molar-refractivity contribution in [2.45, 2.75) is 30.8 Å². The van der Waals surface area contributed by atoms with Crippen molar-refractivity contribution in [3.63, 3.8) is 0 Å². The third kappa shape index (κ3) is 4.14. The van der Waals surface area contributed by atoms with Gasteiger partial charge in [-0.05, 0) is 30.5 Å². The summed E-state index contributed by atoms with van der Waals surface area (Å²) in [7, 11) is 0. The highest BCUT2D eigenvalue weighted by molar-refractivity contribution is 9.09. The van der Waals surface area contributed by atoms with Gasteiger partial charge in [-0.15, -0.1) is 0 Å². The minimum atomic E-state index is -0.341. The van der Waals surface area contributed by atoms with Crippen LogP contribution in [0.1, 0.15) is 29.9 Å². The van der Waals surface area contributed by atoms with Crippen LogP contribution in [0.3, 0.4) is 0 Å². The molecule has 1 heterocycles. The van der Waals surface area contributed by atoms with Crippen LogP contribution in [0.25, 0.3) is 0 Å². The molecule has 3 nitrogen and oxygen atoms in total. The first-order valence-electron chi connectivity index (χ1n) is 5.03. The Balaban J connectivity index is 2.59. The monoisotopic (exact) mass is 302 g/mol. The van der Waals surface area contributed by atoms with Crippen molar-refractivity contribution in [3.05, 3.63) is 29.6 Å². The second-order valence-corrected chi connectivity index (χ2v) is 6.03. The number of pyridine rings is 1. The topological polar surface area (TPSA) is 42.0 Å². The molecule has 0 fully saturated rings. The summed E-state index contributed by atoms with van der Waals surface area (Å²) in [4.78, 5) is 15.5. The normalized spacial score (nSPS) is 12.6. The lowest BCUT2D eigenvalue weighted by atomic mass is 10.2. The molecule has 1 aromatic heterocycles. The highest BCUT2D eigenvalue weighted by Gasteiger charge is 2.17. The maximum atomic E-state index is 11.7. The van der Waals surface area contributed by atoms with Gasteiger partial charge in [-0.2, -0.15) is 0 Å². The van der Waals surface area contributed by atoms with Gasteiger partial charge in [0.1, 0.15) is 4.83 Å². The number of rotatable bonds is 4. The van der Waals surface area contributed by atoms with Crippen molar-refractivity contribution in [1.82, 2.24) is 9.71 Å². The van der Waals surface area contributed by atoms with Gasteiger partial charge < -0.3 is 0 Å². The highest BCUT2D eigenvalue weighted by Crippen LogP contribution is 2.23. The zero-order valence-corrected chi connectivity index (χ0v) is 11.9. The largest absolute Gasteiger partial charge is 0.299 e. The Hall–Kier alpha value is -0.550. The van der Waals surface area contributed by atoms with Gasteiger partial charge in [0.05, 0.1) is 0 Å².